The predicted octanol–water partition coefficient (Wildman–Crippen LogP) is 4.26. The van der Waals surface area contributed by atoms with Gasteiger partial charge >= 0.3 is 0 Å². The second-order valence-corrected chi connectivity index (χ2v) is 5.84. The number of anilines is 2. The third-order valence-electron chi connectivity index (χ3n) is 2.82. The highest BCUT2D eigenvalue weighted by molar-refractivity contribution is 6.35. The topological polar surface area (TPSA) is 49.8 Å². The van der Waals surface area contributed by atoms with Crippen LogP contribution < -0.4 is 10.6 Å². The van der Waals surface area contributed by atoms with Crippen molar-refractivity contribution in [3.05, 3.63) is 46.2 Å². The number of rotatable bonds is 6. The van der Waals surface area contributed by atoms with Crippen molar-refractivity contribution >= 4 is 34.8 Å². The van der Waals surface area contributed by atoms with Crippen molar-refractivity contribution in [1.29, 1.82) is 0 Å². The van der Waals surface area contributed by atoms with Gasteiger partial charge in [0, 0.05) is 28.7 Å². The van der Waals surface area contributed by atoms with E-state index in [-0.39, 0.29) is 0 Å². The molecule has 0 saturated carbocycles. The van der Waals surface area contributed by atoms with Crippen LogP contribution in [0.1, 0.15) is 19.4 Å². The molecular formula is C15H18Cl2N4. The molecule has 0 aliphatic carbocycles. The van der Waals surface area contributed by atoms with E-state index < -0.39 is 0 Å². The third kappa shape index (κ3) is 5.06. The molecule has 0 aliphatic heterocycles. The van der Waals surface area contributed by atoms with E-state index in [1.54, 1.807) is 12.4 Å². The molecule has 4 nitrogen and oxygen atoms in total. The highest BCUT2D eigenvalue weighted by Crippen LogP contribution is 2.21. The van der Waals surface area contributed by atoms with Gasteiger partial charge in [-0.2, -0.15) is 0 Å². The molecule has 0 fully saturated rings. The number of hydrogen-bond acceptors (Lipinski definition) is 4. The lowest BCUT2D eigenvalue weighted by atomic mass is 10.1. The van der Waals surface area contributed by atoms with Gasteiger partial charge in [-0.15, -0.1) is 0 Å². The first kappa shape index (κ1) is 15.9. The van der Waals surface area contributed by atoms with Crippen LogP contribution in [0.5, 0.6) is 0 Å². The number of hydrogen-bond donors (Lipinski definition) is 2. The average molecular weight is 325 g/mol. The highest BCUT2D eigenvalue weighted by Gasteiger charge is 2.03. The first-order valence-corrected chi connectivity index (χ1v) is 7.56. The standard InChI is InChI=1S/C15H18Cl2N4/c1-10(2)21-15-8-14(19-9-20-15)18-6-5-11-3-4-12(16)7-13(11)17/h3-4,7-10H,5-6H2,1-2H3,(H2,18,19,20,21). The van der Waals surface area contributed by atoms with Crippen molar-refractivity contribution in [2.24, 2.45) is 0 Å². The molecule has 2 N–H and O–H groups in total. The Hall–Kier alpha value is -1.52. The van der Waals surface area contributed by atoms with Gasteiger partial charge in [-0.3, -0.25) is 0 Å². The number of aromatic nitrogens is 2. The Labute approximate surface area is 134 Å². The zero-order chi connectivity index (χ0) is 15.2. The lowest BCUT2D eigenvalue weighted by Gasteiger charge is -2.11. The molecule has 0 aliphatic rings. The largest absolute Gasteiger partial charge is 0.370 e. The SMILES string of the molecule is CC(C)Nc1cc(NCCc2ccc(Cl)cc2Cl)ncn1. The van der Waals surface area contributed by atoms with Crippen LogP contribution in [0, 0.1) is 0 Å². The second kappa shape index (κ2) is 7.48. The van der Waals surface area contributed by atoms with Crippen LogP contribution >= 0.6 is 23.2 Å². The summed E-state index contributed by atoms with van der Waals surface area (Å²) in [5, 5.41) is 7.85. The van der Waals surface area contributed by atoms with Crippen molar-refractivity contribution in [2.45, 2.75) is 26.3 Å². The zero-order valence-corrected chi connectivity index (χ0v) is 13.5. The third-order valence-corrected chi connectivity index (χ3v) is 3.41. The van der Waals surface area contributed by atoms with E-state index in [9.17, 15) is 0 Å². The lowest BCUT2D eigenvalue weighted by molar-refractivity contribution is 0.885. The first-order valence-electron chi connectivity index (χ1n) is 6.81. The van der Waals surface area contributed by atoms with Crippen LogP contribution in [0.2, 0.25) is 10.0 Å². The Morgan fingerprint density at radius 2 is 1.86 bits per heavy atom. The van der Waals surface area contributed by atoms with Gasteiger partial charge in [-0.25, -0.2) is 9.97 Å². The molecule has 1 aromatic carbocycles. The van der Waals surface area contributed by atoms with Crippen LogP contribution in [-0.2, 0) is 6.42 Å². The van der Waals surface area contributed by atoms with E-state index in [0.717, 1.165) is 30.2 Å². The molecule has 6 heteroatoms. The van der Waals surface area contributed by atoms with Gasteiger partial charge in [0.25, 0.3) is 0 Å². The van der Waals surface area contributed by atoms with E-state index in [0.29, 0.717) is 16.1 Å². The van der Waals surface area contributed by atoms with E-state index in [2.05, 4.69) is 34.4 Å². The van der Waals surface area contributed by atoms with Gasteiger partial charge in [0.2, 0.25) is 0 Å². The summed E-state index contributed by atoms with van der Waals surface area (Å²) >= 11 is 12.0. The molecule has 0 amide bonds. The highest BCUT2D eigenvalue weighted by atomic mass is 35.5. The van der Waals surface area contributed by atoms with E-state index in [4.69, 9.17) is 23.2 Å². The molecule has 0 saturated heterocycles. The fraction of sp³-hybridized carbons (Fsp3) is 0.333. The van der Waals surface area contributed by atoms with E-state index in [1.807, 2.05) is 18.2 Å². The van der Waals surface area contributed by atoms with Crippen molar-refractivity contribution < 1.29 is 0 Å². The minimum atomic E-state index is 0.334. The maximum Gasteiger partial charge on any atom is 0.131 e. The van der Waals surface area contributed by atoms with Crippen LogP contribution in [0.25, 0.3) is 0 Å². The molecule has 2 aromatic rings. The van der Waals surface area contributed by atoms with E-state index >= 15 is 0 Å². The molecule has 0 spiro atoms. The molecule has 0 unspecified atom stereocenters. The molecule has 1 heterocycles. The van der Waals surface area contributed by atoms with E-state index in [1.165, 1.54) is 0 Å². The molecule has 1 aromatic heterocycles. The Morgan fingerprint density at radius 3 is 2.57 bits per heavy atom. The summed E-state index contributed by atoms with van der Waals surface area (Å²) < 4.78 is 0. The normalized spacial score (nSPS) is 10.7. The molecule has 2 rings (SSSR count). The number of halogens is 2. The van der Waals surface area contributed by atoms with Gasteiger partial charge in [-0.05, 0) is 38.0 Å². The maximum absolute atomic E-state index is 6.15. The first-order chi connectivity index (χ1) is 10.0. The van der Waals surface area contributed by atoms with Gasteiger partial charge < -0.3 is 10.6 Å². The Balaban J connectivity index is 1.91. The molecule has 21 heavy (non-hydrogen) atoms. The minimum Gasteiger partial charge on any atom is -0.370 e. The van der Waals surface area contributed by atoms with Gasteiger partial charge in [0.05, 0.1) is 0 Å². The monoisotopic (exact) mass is 324 g/mol. The summed E-state index contributed by atoms with van der Waals surface area (Å²) in [5.74, 6) is 1.60. The smallest absolute Gasteiger partial charge is 0.131 e. The molecule has 0 radical (unpaired) electrons. The Bertz CT molecular complexity index is 602. The van der Waals surface area contributed by atoms with Crippen molar-refractivity contribution in [1.82, 2.24) is 9.97 Å². The fourth-order valence-electron chi connectivity index (χ4n) is 1.88. The lowest BCUT2D eigenvalue weighted by Crippen LogP contribution is -2.12. The molecule has 112 valence electrons. The summed E-state index contributed by atoms with van der Waals surface area (Å²) in [6, 6.07) is 7.77. The van der Waals surface area contributed by atoms with Crippen LogP contribution in [0.3, 0.4) is 0 Å². The van der Waals surface area contributed by atoms with Crippen LogP contribution in [0.15, 0.2) is 30.6 Å². The Kier molecular flexibility index (Phi) is 5.65. The van der Waals surface area contributed by atoms with Gasteiger partial charge in [-0.1, -0.05) is 29.3 Å². The summed E-state index contributed by atoms with van der Waals surface area (Å²) in [7, 11) is 0. The van der Waals surface area contributed by atoms with Crippen LogP contribution in [0.4, 0.5) is 11.6 Å². The summed E-state index contributed by atoms with van der Waals surface area (Å²) in [6.07, 6.45) is 2.34. The zero-order valence-electron chi connectivity index (χ0n) is 12.0. The summed E-state index contributed by atoms with van der Waals surface area (Å²) in [5.41, 5.74) is 1.06. The van der Waals surface area contributed by atoms with Gasteiger partial charge in [0.15, 0.2) is 0 Å². The second-order valence-electron chi connectivity index (χ2n) is 5.00. The van der Waals surface area contributed by atoms with Gasteiger partial charge in [0.1, 0.15) is 18.0 Å². The maximum atomic E-state index is 6.15. The Morgan fingerprint density at radius 1 is 1.10 bits per heavy atom. The summed E-state index contributed by atoms with van der Waals surface area (Å²) in [4.78, 5) is 8.37. The molecule has 0 bridgehead atoms. The number of benzene rings is 1. The van der Waals surface area contributed by atoms with Crippen molar-refractivity contribution in [3.63, 3.8) is 0 Å². The molecular weight excluding hydrogens is 307 g/mol. The van der Waals surface area contributed by atoms with Crippen LogP contribution in [-0.4, -0.2) is 22.6 Å². The van der Waals surface area contributed by atoms with Crippen molar-refractivity contribution in [2.75, 3.05) is 17.2 Å². The minimum absolute atomic E-state index is 0.334. The molecule has 0 atom stereocenters. The quantitative estimate of drug-likeness (QED) is 0.833. The average Bonchev–Trinajstić information content (AvgIpc) is 2.41. The number of nitrogens with zero attached hydrogens (tertiary/aromatic N) is 2. The predicted molar refractivity (Wildman–Crippen MR) is 89.4 cm³/mol. The summed E-state index contributed by atoms with van der Waals surface area (Å²) in [6.45, 7) is 4.87. The fourth-order valence-corrected chi connectivity index (χ4v) is 2.38. The van der Waals surface area contributed by atoms with Crippen molar-refractivity contribution in [3.8, 4) is 0 Å². The number of nitrogens with one attached hydrogen (secondary N) is 2.